The van der Waals surface area contributed by atoms with Crippen molar-refractivity contribution in [2.45, 2.75) is 32.6 Å². The van der Waals surface area contributed by atoms with Crippen LogP contribution in [-0.2, 0) is 4.79 Å². The molecule has 0 spiro atoms. The highest BCUT2D eigenvalue weighted by Crippen LogP contribution is 2.43. The smallest absolute Gasteiger partial charge is 0.312 e. The van der Waals surface area contributed by atoms with Crippen LogP contribution in [0.1, 0.15) is 38.2 Å². The van der Waals surface area contributed by atoms with Crippen LogP contribution in [0, 0.1) is 5.41 Å². The Bertz CT molecular complexity index is 428. The van der Waals surface area contributed by atoms with E-state index in [2.05, 4.69) is 9.97 Å². The van der Waals surface area contributed by atoms with Crippen molar-refractivity contribution >= 4 is 5.97 Å². The SMILES string of the molecule is CC(C)(COc1ncncc1C1CC1)C(=O)O. The molecule has 0 aliphatic heterocycles. The van der Waals surface area contributed by atoms with Gasteiger partial charge in [-0.3, -0.25) is 4.79 Å². The van der Waals surface area contributed by atoms with Gasteiger partial charge in [0.2, 0.25) is 5.88 Å². The van der Waals surface area contributed by atoms with E-state index in [1.165, 1.54) is 6.33 Å². The minimum atomic E-state index is -0.911. The van der Waals surface area contributed by atoms with E-state index in [-0.39, 0.29) is 6.61 Å². The van der Waals surface area contributed by atoms with Gasteiger partial charge in [0.25, 0.3) is 0 Å². The molecule has 1 aliphatic carbocycles. The van der Waals surface area contributed by atoms with Gasteiger partial charge in [-0.25, -0.2) is 9.97 Å². The van der Waals surface area contributed by atoms with Crippen LogP contribution in [0.2, 0.25) is 0 Å². The zero-order valence-corrected chi connectivity index (χ0v) is 10.0. The molecule has 1 aromatic heterocycles. The molecule has 0 radical (unpaired) electrons. The van der Waals surface area contributed by atoms with E-state index < -0.39 is 11.4 Å². The summed E-state index contributed by atoms with van der Waals surface area (Å²) in [5, 5.41) is 9.00. The Labute approximate surface area is 99.9 Å². The lowest BCUT2D eigenvalue weighted by atomic mass is 9.95. The van der Waals surface area contributed by atoms with E-state index in [1.807, 2.05) is 0 Å². The molecule has 1 fully saturated rings. The van der Waals surface area contributed by atoms with Crippen LogP contribution in [0.5, 0.6) is 5.88 Å². The zero-order valence-electron chi connectivity index (χ0n) is 10.0. The number of rotatable bonds is 5. The topological polar surface area (TPSA) is 72.3 Å². The summed E-state index contributed by atoms with van der Waals surface area (Å²) in [6, 6.07) is 0. The summed E-state index contributed by atoms with van der Waals surface area (Å²) >= 11 is 0. The van der Waals surface area contributed by atoms with Gasteiger partial charge in [0, 0.05) is 11.8 Å². The first kappa shape index (κ1) is 11.8. The third kappa shape index (κ3) is 2.72. The number of carboxylic acid groups (broad SMARTS) is 1. The molecule has 92 valence electrons. The Morgan fingerprint density at radius 3 is 2.88 bits per heavy atom. The lowest BCUT2D eigenvalue weighted by Gasteiger charge is -2.19. The first-order valence-corrected chi connectivity index (χ1v) is 5.67. The van der Waals surface area contributed by atoms with Gasteiger partial charge in [0.15, 0.2) is 0 Å². The number of carboxylic acids is 1. The van der Waals surface area contributed by atoms with Crippen molar-refractivity contribution in [2.24, 2.45) is 5.41 Å². The summed E-state index contributed by atoms with van der Waals surface area (Å²) in [5.74, 6) is 0.135. The molecule has 0 saturated heterocycles. The number of hydrogen-bond acceptors (Lipinski definition) is 4. The Balaban J connectivity index is 2.06. The highest BCUT2D eigenvalue weighted by molar-refractivity contribution is 5.73. The van der Waals surface area contributed by atoms with Crippen molar-refractivity contribution in [3.05, 3.63) is 18.1 Å². The Morgan fingerprint density at radius 2 is 2.29 bits per heavy atom. The molecule has 5 nitrogen and oxygen atoms in total. The fraction of sp³-hybridized carbons (Fsp3) is 0.583. The summed E-state index contributed by atoms with van der Waals surface area (Å²) < 4.78 is 5.53. The minimum absolute atomic E-state index is 0.110. The van der Waals surface area contributed by atoms with Gasteiger partial charge < -0.3 is 9.84 Å². The van der Waals surface area contributed by atoms with Gasteiger partial charge in [-0.2, -0.15) is 0 Å². The van der Waals surface area contributed by atoms with Gasteiger partial charge in [-0.1, -0.05) is 0 Å². The fourth-order valence-corrected chi connectivity index (χ4v) is 1.43. The summed E-state index contributed by atoms with van der Waals surface area (Å²) in [6.45, 7) is 3.37. The molecule has 0 atom stereocenters. The normalized spacial score (nSPS) is 15.6. The van der Waals surface area contributed by atoms with E-state index in [4.69, 9.17) is 9.84 Å². The second-order valence-electron chi connectivity index (χ2n) is 5.04. The van der Waals surface area contributed by atoms with Crippen molar-refractivity contribution in [2.75, 3.05) is 6.61 Å². The first-order valence-electron chi connectivity index (χ1n) is 5.67. The van der Waals surface area contributed by atoms with Crippen LogP contribution in [0.25, 0.3) is 0 Å². The molecule has 1 N–H and O–H groups in total. The van der Waals surface area contributed by atoms with E-state index in [1.54, 1.807) is 20.0 Å². The van der Waals surface area contributed by atoms with Gasteiger partial charge >= 0.3 is 5.97 Å². The van der Waals surface area contributed by atoms with Crippen LogP contribution >= 0.6 is 0 Å². The predicted octanol–water partition coefficient (Wildman–Crippen LogP) is 1.84. The summed E-state index contributed by atoms with van der Waals surface area (Å²) in [7, 11) is 0. The van der Waals surface area contributed by atoms with E-state index in [0.717, 1.165) is 18.4 Å². The van der Waals surface area contributed by atoms with Crippen LogP contribution in [0.15, 0.2) is 12.5 Å². The van der Waals surface area contributed by atoms with E-state index >= 15 is 0 Å². The summed E-state index contributed by atoms with van der Waals surface area (Å²) in [5.41, 5.74) is 0.0832. The average molecular weight is 236 g/mol. The van der Waals surface area contributed by atoms with Gasteiger partial charge in [0.1, 0.15) is 12.9 Å². The number of aromatic nitrogens is 2. The summed E-state index contributed by atoms with van der Waals surface area (Å²) in [4.78, 5) is 19.0. The molecule has 0 unspecified atom stereocenters. The number of hydrogen-bond donors (Lipinski definition) is 1. The van der Waals surface area contributed by atoms with Gasteiger partial charge in [-0.15, -0.1) is 0 Å². The number of aliphatic carboxylic acids is 1. The zero-order chi connectivity index (χ0) is 12.5. The molecule has 0 amide bonds. The molecule has 17 heavy (non-hydrogen) atoms. The molecule has 2 rings (SSSR count). The second-order valence-corrected chi connectivity index (χ2v) is 5.04. The third-order valence-electron chi connectivity index (χ3n) is 2.87. The predicted molar refractivity (Wildman–Crippen MR) is 60.9 cm³/mol. The lowest BCUT2D eigenvalue weighted by Crippen LogP contribution is -2.31. The van der Waals surface area contributed by atoms with Crippen LogP contribution in [-0.4, -0.2) is 27.7 Å². The standard InChI is InChI=1S/C12H16N2O3/c1-12(2,11(15)16)6-17-10-9(8-3-4-8)5-13-7-14-10/h5,7-8H,3-4,6H2,1-2H3,(H,15,16). The molecule has 0 bridgehead atoms. The largest absolute Gasteiger partial charge is 0.481 e. The molecule has 0 aromatic carbocycles. The number of carbonyl (C=O) groups is 1. The average Bonchev–Trinajstić information content (AvgIpc) is 3.10. The van der Waals surface area contributed by atoms with Crippen molar-refractivity contribution in [3.63, 3.8) is 0 Å². The Kier molecular flexibility index (Phi) is 3.00. The Hall–Kier alpha value is -1.65. The molecular weight excluding hydrogens is 220 g/mol. The van der Waals surface area contributed by atoms with E-state index in [0.29, 0.717) is 11.8 Å². The highest BCUT2D eigenvalue weighted by atomic mass is 16.5. The van der Waals surface area contributed by atoms with Crippen molar-refractivity contribution in [3.8, 4) is 5.88 Å². The van der Waals surface area contributed by atoms with Crippen LogP contribution < -0.4 is 4.74 Å². The first-order chi connectivity index (χ1) is 8.00. The number of ether oxygens (including phenoxy) is 1. The van der Waals surface area contributed by atoms with Crippen molar-refractivity contribution < 1.29 is 14.6 Å². The van der Waals surface area contributed by atoms with E-state index in [9.17, 15) is 4.79 Å². The maximum absolute atomic E-state index is 11.0. The molecular formula is C12H16N2O3. The number of nitrogens with zero attached hydrogens (tertiary/aromatic N) is 2. The molecule has 1 heterocycles. The lowest BCUT2D eigenvalue weighted by molar-refractivity contribution is -0.148. The molecule has 1 aliphatic rings. The van der Waals surface area contributed by atoms with Crippen LogP contribution in [0.4, 0.5) is 0 Å². The van der Waals surface area contributed by atoms with Crippen molar-refractivity contribution in [1.29, 1.82) is 0 Å². The minimum Gasteiger partial charge on any atom is -0.481 e. The highest BCUT2D eigenvalue weighted by Gasteiger charge is 2.31. The van der Waals surface area contributed by atoms with Crippen molar-refractivity contribution in [1.82, 2.24) is 9.97 Å². The maximum Gasteiger partial charge on any atom is 0.312 e. The fourth-order valence-electron chi connectivity index (χ4n) is 1.43. The molecule has 1 saturated carbocycles. The second kappa shape index (κ2) is 4.31. The van der Waals surface area contributed by atoms with Gasteiger partial charge in [0.05, 0.1) is 5.41 Å². The summed E-state index contributed by atoms with van der Waals surface area (Å²) in [6.07, 6.45) is 5.45. The molecule has 1 aromatic rings. The quantitative estimate of drug-likeness (QED) is 0.844. The van der Waals surface area contributed by atoms with Crippen LogP contribution in [0.3, 0.4) is 0 Å². The maximum atomic E-state index is 11.0. The third-order valence-corrected chi connectivity index (χ3v) is 2.87. The monoisotopic (exact) mass is 236 g/mol. The Morgan fingerprint density at radius 1 is 1.59 bits per heavy atom. The molecule has 5 heteroatoms. The van der Waals surface area contributed by atoms with Gasteiger partial charge in [-0.05, 0) is 32.6 Å².